The summed E-state index contributed by atoms with van der Waals surface area (Å²) in [5, 5.41) is 0. The zero-order valence-corrected chi connectivity index (χ0v) is 11.1. The van der Waals surface area contributed by atoms with E-state index in [1.807, 2.05) is 0 Å². The van der Waals surface area contributed by atoms with E-state index >= 15 is 0 Å². The van der Waals surface area contributed by atoms with Crippen LogP contribution in [0.25, 0.3) is 0 Å². The van der Waals surface area contributed by atoms with E-state index in [1.54, 1.807) is 20.8 Å². The summed E-state index contributed by atoms with van der Waals surface area (Å²) >= 11 is 0. The lowest BCUT2D eigenvalue weighted by molar-refractivity contribution is -0.157. The molecular weight excluding hydrogens is 236 g/mol. The zero-order chi connectivity index (χ0) is 13.9. The zero-order valence-electron chi connectivity index (χ0n) is 11.1. The molecule has 0 saturated carbocycles. The first-order chi connectivity index (χ1) is 8.24. The molecule has 6 nitrogen and oxygen atoms in total. The molecule has 1 saturated heterocycles. The van der Waals surface area contributed by atoms with Gasteiger partial charge in [-0.1, -0.05) is 0 Å². The minimum Gasteiger partial charge on any atom is -0.460 e. The van der Waals surface area contributed by atoms with Crippen LogP contribution in [0.1, 0.15) is 33.6 Å². The molecule has 18 heavy (non-hydrogen) atoms. The number of likely N-dealkylation sites (tertiary alicyclic amines) is 1. The summed E-state index contributed by atoms with van der Waals surface area (Å²) in [7, 11) is 0. The van der Waals surface area contributed by atoms with Crippen molar-refractivity contribution in [3.05, 3.63) is 0 Å². The predicted molar refractivity (Wildman–Crippen MR) is 64.3 cm³/mol. The fourth-order valence-electron chi connectivity index (χ4n) is 1.86. The molecule has 6 heteroatoms. The highest BCUT2D eigenvalue weighted by Crippen LogP contribution is 2.23. The van der Waals surface area contributed by atoms with E-state index < -0.39 is 17.5 Å². The van der Waals surface area contributed by atoms with Gasteiger partial charge in [0, 0.05) is 19.5 Å². The van der Waals surface area contributed by atoms with Gasteiger partial charge >= 0.3 is 5.97 Å². The standard InChI is InChI=1S/C12H20N2O4/c1-12(2,3)18-10(16)7-8-6-9(15)14(5-4-13)11(8)17/h8H,4-7,13H2,1-3H3. The second-order valence-corrected chi connectivity index (χ2v) is 5.36. The highest BCUT2D eigenvalue weighted by atomic mass is 16.6. The van der Waals surface area contributed by atoms with Crippen molar-refractivity contribution in [2.45, 2.75) is 39.2 Å². The van der Waals surface area contributed by atoms with E-state index in [0.29, 0.717) is 0 Å². The largest absolute Gasteiger partial charge is 0.460 e. The molecule has 0 aliphatic carbocycles. The lowest BCUT2D eigenvalue weighted by atomic mass is 10.0. The summed E-state index contributed by atoms with van der Waals surface area (Å²) in [5.41, 5.74) is 4.74. The average molecular weight is 256 g/mol. The molecule has 0 aromatic heterocycles. The van der Waals surface area contributed by atoms with E-state index in [2.05, 4.69) is 0 Å². The van der Waals surface area contributed by atoms with Crippen LogP contribution in [0.3, 0.4) is 0 Å². The summed E-state index contributed by atoms with van der Waals surface area (Å²) in [6.07, 6.45) is 0.0149. The van der Waals surface area contributed by atoms with Gasteiger partial charge in [0.1, 0.15) is 5.60 Å². The highest BCUT2D eigenvalue weighted by molar-refractivity contribution is 6.04. The molecular formula is C12H20N2O4. The first-order valence-electron chi connectivity index (χ1n) is 6.00. The Morgan fingerprint density at radius 1 is 1.44 bits per heavy atom. The molecule has 1 aliphatic heterocycles. The van der Waals surface area contributed by atoms with Crippen molar-refractivity contribution >= 4 is 17.8 Å². The molecule has 1 aliphatic rings. The van der Waals surface area contributed by atoms with Crippen molar-refractivity contribution in [2.24, 2.45) is 11.7 Å². The summed E-state index contributed by atoms with van der Waals surface area (Å²) in [5.74, 6) is -1.64. The molecule has 0 aromatic rings. The Morgan fingerprint density at radius 3 is 2.56 bits per heavy atom. The fourth-order valence-corrected chi connectivity index (χ4v) is 1.86. The number of amides is 2. The minimum absolute atomic E-state index is 0.0527. The molecule has 0 radical (unpaired) electrons. The van der Waals surface area contributed by atoms with Crippen molar-refractivity contribution in [2.75, 3.05) is 13.1 Å². The smallest absolute Gasteiger partial charge is 0.307 e. The van der Waals surface area contributed by atoms with Crippen LogP contribution < -0.4 is 5.73 Å². The van der Waals surface area contributed by atoms with Gasteiger partial charge in [-0.15, -0.1) is 0 Å². The van der Waals surface area contributed by atoms with Gasteiger partial charge in [-0.2, -0.15) is 0 Å². The van der Waals surface area contributed by atoms with Gasteiger partial charge < -0.3 is 10.5 Å². The average Bonchev–Trinajstić information content (AvgIpc) is 2.43. The molecule has 1 rings (SSSR count). The van der Waals surface area contributed by atoms with Gasteiger partial charge in [0.05, 0.1) is 12.3 Å². The first kappa shape index (κ1) is 14.6. The van der Waals surface area contributed by atoms with Gasteiger partial charge in [-0.3, -0.25) is 19.3 Å². The van der Waals surface area contributed by atoms with Gasteiger partial charge in [0.15, 0.2) is 0 Å². The third-order valence-electron chi connectivity index (χ3n) is 2.52. The number of carbonyl (C=O) groups excluding carboxylic acids is 3. The van der Waals surface area contributed by atoms with Crippen molar-refractivity contribution in [3.63, 3.8) is 0 Å². The summed E-state index contributed by atoms with van der Waals surface area (Å²) in [6.45, 7) is 5.72. The number of esters is 1. The second-order valence-electron chi connectivity index (χ2n) is 5.36. The number of ether oxygens (including phenoxy) is 1. The van der Waals surface area contributed by atoms with Crippen molar-refractivity contribution < 1.29 is 19.1 Å². The Labute approximate surface area is 106 Å². The number of hydrogen-bond acceptors (Lipinski definition) is 5. The van der Waals surface area contributed by atoms with Crippen LogP contribution in [0.15, 0.2) is 0 Å². The molecule has 1 atom stereocenters. The SMILES string of the molecule is CC(C)(C)OC(=O)CC1CC(=O)N(CCN)C1=O. The Bertz CT molecular complexity index is 360. The molecule has 0 bridgehead atoms. The van der Waals surface area contributed by atoms with E-state index in [4.69, 9.17) is 10.5 Å². The Morgan fingerprint density at radius 2 is 2.06 bits per heavy atom. The Kier molecular flexibility index (Phi) is 4.45. The molecule has 1 fully saturated rings. The first-order valence-corrected chi connectivity index (χ1v) is 6.00. The van der Waals surface area contributed by atoms with Crippen LogP contribution in [-0.4, -0.2) is 41.4 Å². The fraction of sp³-hybridized carbons (Fsp3) is 0.750. The highest BCUT2D eigenvalue weighted by Gasteiger charge is 2.39. The van der Waals surface area contributed by atoms with Gasteiger partial charge in [-0.05, 0) is 20.8 Å². The number of carbonyl (C=O) groups is 3. The topological polar surface area (TPSA) is 89.7 Å². The third-order valence-corrected chi connectivity index (χ3v) is 2.52. The molecule has 0 aromatic carbocycles. The van der Waals surface area contributed by atoms with E-state index in [-0.39, 0.29) is 37.7 Å². The molecule has 1 unspecified atom stereocenters. The lowest BCUT2D eigenvalue weighted by Gasteiger charge is -2.20. The molecule has 102 valence electrons. The molecule has 2 amide bonds. The number of rotatable bonds is 4. The normalized spacial score (nSPS) is 20.4. The Hall–Kier alpha value is -1.43. The summed E-state index contributed by atoms with van der Waals surface area (Å²) in [4.78, 5) is 36.1. The number of nitrogens with zero attached hydrogens (tertiary/aromatic N) is 1. The van der Waals surface area contributed by atoms with Crippen LogP contribution in [0, 0.1) is 5.92 Å². The van der Waals surface area contributed by atoms with E-state index in [1.165, 1.54) is 0 Å². The van der Waals surface area contributed by atoms with E-state index in [9.17, 15) is 14.4 Å². The summed E-state index contributed by atoms with van der Waals surface area (Å²) < 4.78 is 5.13. The van der Waals surface area contributed by atoms with Gasteiger partial charge in [0.2, 0.25) is 11.8 Å². The minimum atomic E-state index is -0.598. The quantitative estimate of drug-likeness (QED) is 0.567. The van der Waals surface area contributed by atoms with Gasteiger partial charge in [0.25, 0.3) is 0 Å². The molecule has 1 heterocycles. The number of hydrogen-bond donors (Lipinski definition) is 1. The predicted octanol–water partition coefficient (Wildman–Crippen LogP) is 0.0520. The van der Waals surface area contributed by atoms with E-state index in [0.717, 1.165) is 4.90 Å². The van der Waals surface area contributed by atoms with Crippen molar-refractivity contribution in [3.8, 4) is 0 Å². The maximum atomic E-state index is 11.8. The van der Waals surface area contributed by atoms with Crippen molar-refractivity contribution in [1.82, 2.24) is 4.90 Å². The summed E-state index contributed by atoms with van der Waals surface area (Å²) in [6, 6.07) is 0. The maximum absolute atomic E-state index is 11.8. The van der Waals surface area contributed by atoms with Crippen LogP contribution >= 0.6 is 0 Å². The molecule has 0 spiro atoms. The van der Waals surface area contributed by atoms with Crippen LogP contribution in [-0.2, 0) is 19.1 Å². The lowest BCUT2D eigenvalue weighted by Crippen LogP contribution is -2.35. The number of imide groups is 1. The van der Waals surface area contributed by atoms with Crippen LogP contribution in [0.2, 0.25) is 0 Å². The Balaban J connectivity index is 2.57. The van der Waals surface area contributed by atoms with Crippen LogP contribution in [0.4, 0.5) is 0 Å². The maximum Gasteiger partial charge on any atom is 0.307 e. The monoisotopic (exact) mass is 256 g/mol. The van der Waals surface area contributed by atoms with Gasteiger partial charge in [-0.25, -0.2) is 0 Å². The second kappa shape index (κ2) is 5.48. The third kappa shape index (κ3) is 3.80. The van der Waals surface area contributed by atoms with Crippen LogP contribution in [0.5, 0.6) is 0 Å². The number of nitrogens with two attached hydrogens (primary N) is 1. The van der Waals surface area contributed by atoms with Crippen molar-refractivity contribution in [1.29, 1.82) is 0 Å². The molecule has 2 N–H and O–H groups in total.